The zero-order valence-electron chi connectivity index (χ0n) is 10.5. The Bertz CT molecular complexity index is 407. The van der Waals surface area contributed by atoms with Gasteiger partial charge >= 0.3 is 5.97 Å². The summed E-state index contributed by atoms with van der Waals surface area (Å²) in [6.07, 6.45) is 0. The second-order valence-corrected chi connectivity index (χ2v) is 4.75. The Morgan fingerprint density at radius 2 is 2.11 bits per heavy atom. The number of benzene rings is 1. The molecule has 0 saturated heterocycles. The number of carbonyl (C=O) groups is 1. The van der Waals surface area contributed by atoms with E-state index in [1.807, 2.05) is 13.8 Å². The predicted octanol–water partition coefficient (Wildman–Crippen LogP) is 2.94. The monoisotopic (exact) mass is 272 g/mol. The van der Waals surface area contributed by atoms with Gasteiger partial charge in [-0.1, -0.05) is 13.8 Å². The summed E-state index contributed by atoms with van der Waals surface area (Å²) in [4.78, 5) is 11.7. The molecular weight excluding hydrogens is 255 g/mol. The second-order valence-electron chi connectivity index (χ2n) is 4.27. The fourth-order valence-corrected chi connectivity index (χ4v) is 1.45. The van der Waals surface area contributed by atoms with Crippen molar-refractivity contribution in [3.05, 3.63) is 29.6 Å². The fourth-order valence-electron chi connectivity index (χ4n) is 1.24. The van der Waals surface area contributed by atoms with Crippen molar-refractivity contribution in [2.75, 3.05) is 19.8 Å². The topological polar surface area (TPSA) is 35.5 Å². The Hall–Kier alpha value is -1.07. The molecule has 0 aliphatic carbocycles. The van der Waals surface area contributed by atoms with Gasteiger partial charge in [0, 0.05) is 11.5 Å². The number of esters is 1. The average molecular weight is 272 g/mol. The molecule has 0 aliphatic rings. The Kier molecular flexibility index (Phi) is 6.15. The van der Waals surface area contributed by atoms with E-state index >= 15 is 0 Å². The van der Waals surface area contributed by atoms with Crippen molar-refractivity contribution < 1.29 is 18.7 Å². The minimum atomic E-state index is -0.501. The van der Waals surface area contributed by atoms with E-state index in [2.05, 4.69) is 12.6 Å². The summed E-state index contributed by atoms with van der Waals surface area (Å²) in [5.74, 6) is -0.516. The van der Waals surface area contributed by atoms with Gasteiger partial charge in [0.05, 0.1) is 12.2 Å². The van der Waals surface area contributed by atoms with Gasteiger partial charge < -0.3 is 9.47 Å². The third kappa shape index (κ3) is 5.06. The minimum Gasteiger partial charge on any atom is -0.460 e. The highest BCUT2D eigenvalue weighted by atomic mass is 32.1. The molecule has 0 saturated carbocycles. The van der Waals surface area contributed by atoms with Crippen molar-refractivity contribution in [3.8, 4) is 0 Å². The van der Waals surface area contributed by atoms with Gasteiger partial charge in [-0.15, -0.1) is 12.6 Å². The molecule has 0 amide bonds. The van der Waals surface area contributed by atoms with E-state index in [1.54, 1.807) is 0 Å². The van der Waals surface area contributed by atoms with Crippen LogP contribution in [0.2, 0.25) is 0 Å². The van der Waals surface area contributed by atoms with E-state index in [0.29, 0.717) is 19.1 Å². The maximum absolute atomic E-state index is 12.9. The van der Waals surface area contributed by atoms with Gasteiger partial charge in [-0.2, -0.15) is 0 Å². The molecule has 3 nitrogen and oxygen atoms in total. The van der Waals surface area contributed by atoms with Crippen LogP contribution in [0.15, 0.2) is 23.1 Å². The maximum Gasteiger partial charge on any atom is 0.338 e. The normalized spacial score (nSPS) is 10.7. The van der Waals surface area contributed by atoms with Gasteiger partial charge in [0.1, 0.15) is 12.4 Å². The lowest BCUT2D eigenvalue weighted by Gasteiger charge is -2.08. The molecule has 1 rings (SSSR count). The molecule has 18 heavy (non-hydrogen) atoms. The van der Waals surface area contributed by atoms with Crippen LogP contribution in [0.5, 0.6) is 0 Å². The molecular formula is C13H17FO3S. The summed E-state index contributed by atoms with van der Waals surface area (Å²) in [6, 6.07) is 3.90. The third-order valence-electron chi connectivity index (χ3n) is 2.09. The van der Waals surface area contributed by atoms with Crippen LogP contribution in [-0.2, 0) is 9.47 Å². The standard InChI is InChI=1S/C13H17FO3S/c1-9(2)8-16-5-6-17-13(15)10-3-4-11(14)12(18)7-10/h3-4,7,9,18H,5-6,8H2,1-2H3. The van der Waals surface area contributed by atoms with Crippen LogP contribution in [0.3, 0.4) is 0 Å². The highest BCUT2D eigenvalue weighted by Gasteiger charge is 2.09. The van der Waals surface area contributed by atoms with Gasteiger partial charge in [-0.25, -0.2) is 9.18 Å². The molecule has 0 heterocycles. The lowest BCUT2D eigenvalue weighted by atomic mass is 10.2. The average Bonchev–Trinajstić information content (AvgIpc) is 2.31. The number of hydrogen-bond donors (Lipinski definition) is 1. The van der Waals surface area contributed by atoms with Gasteiger partial charge in [0.2, 0.25) is 0 Å². The van der Waals surface area contributed by atoms with Gasteiger partial charge in [-0.3, -0.25) is 0 Å². The molecule has 0 atom stereocenters. The maximum atomic E-state index is 12.9. The first-order valence-corrected chi connectivity index (χ1v) is 6.19. The summed E-state index contributed by atoms with van der Waals surface area (Å²) < 4.78 is 23.2. The first-order valence-electron chi connectivity index (χ1n) is 5.74. The molecule has 0 aliphatic heterocycles. The van der Waals surface area contributed by atoms with Gasteiger partial charge in [0.15, 0.2) is 0 Å². The summed E-state index contributed by atoms with van der Waals surface area (Å²) in [5, 5.41) is 0. The lowest BCUT2D eigenvalue weighted by Crippen LogP contribution is -2.12. The highest BCUT2D eigenvalue weighted by molar-refractivity contribution is 7.80. The first-order chi connectivity index (χ1) is 8.50. The zero-order valence-corrected chi connectivity index (χ0v) is 11.4. The summed E-state index contributed by atoms with van der Waals surface area (Å²) in [6.45, 7) is 5.26. The molecule has 0 bridgehead atoms. The molecule has 0 unspecified atom stereocenters. The number of rotatable bonds is 6. The molecule has 0 radical (unpaired) electrons. The first kappa shape index (κ1) is 15.0. The molecule has 1 aromatic rings. The predicted molar refractivity (Wildman–Crippen MR) is 69.6 cm³/mol. The Balaban J connectivity index is 2.34. The Morgan fingerprint density at radius 3 is 2.72 bits per heavy atom. The van der Waals surface area contributed by atoms with Crippen LogP contribution in [0.4, 0.5) is 4.39 Å². The van der Waals surface area contributed by atoms with Crippen LogP contribution in [0.25, 0.3) is 0 Å². The molecule has 0 aromatic heterocycles. The smallest absolute Gasteiger partial charge is 0.338 e. The van der Waals surface area contributed by atoms with Crippen molar-refractivity contribution >= 4 is 18.6 Å². The molecule has 0 fully saturated rings. The number of thiol groups is 1. The third-order valence-corrected chi connectivity index (χ3v) is 2.44. The van der Waals surface area contributed by atoms with E-state index in [1.165, 1.54) is 18.2 Å². The van der Waals surface area contributed by atoms with Crippen LogP contribution in [0.1, 0.15) is 24.2 Å². The second kappa shape index (κ2) is 7.38. The van der Waals surface area contributed by atoms with E-state index in [4.69, 9.17) is 9.47 Å². The van der Waals surface area contributed by atoms with Crippen molar-refractivity contribution in [3.63, 3.8) is 0 Å². The van der Waals surface area contributed by atoms with Gasteiger partial charge in [0.25, 0.3) is 0 Å². The van der Waals surface area contributed by atoms with Crippen LogP contribution >= 0.6 is 12.6 Å². The zero-order chi connectivity index (χ0) is 13.5. The molecule has 0 N–H and O–H groups in total. The van der Waals surface area contributed by atoms with Crippen molar-refractivity contribution in [2.45, 2.75) is 18.7 Å². The van der Waals surface area contributed by atoms with Crippen LogP contribution < -0.4 is 0 Å². The molecule has 5 heteroatoms. The molecule has 100 valence electrons. The quantitative estimate of drug-likeness (QED) is 0.491. The van der Waals surface area contributed by atoms with Crippen molar-refractivity contribution in [1.82, 2.24) is 0 Å². The van der Waals surface area contributed by atoms with Crippen LogP contribution in [0, 0.1) is 11.7 Å². The summed E-state index contributed by atoms with van der Waals surface area (Å²) >= 11 is 3.90. The van der Waals surface area contributed by atoms with Crippen molar-refractivity contribution in [1.29, 1.82) is 0 Å². The summed E-state index contributed by atoms with van der Waals surface area (Å²) in [7, 11) is 0. The molecule has 1 aromatic carbocycles. The van der Waals surface area contributed by atoms with E-state index in [9.17, 15) is 9.18 Å². The SMILES string of the molecule is CC(C)COCCOC(=O)c1ccc(F)c(S)c1. The molecule has 0 spiro atoms. The van der Waals surface area contributed by atoms with Crippen molar-refractivity contribution in [2.24, 2.45) is 5.92 Å². The van der Waals surface area contributed by atoms with Gasteiger partial charge in [-0.05, 0) is 24.1 Å². The Labute approximate surface area is 112 Å². The number of hydrogen-bond acceptors (Lipinski definition) is 4. The van der Waals surface area contributed by atoms with E-state index in [0.717, 1.165) is 0 Å². The fraction of sp³-hybridized carbons (Fsp3) is 0.462. The largest absolute Gasteiger partial charge is 0.460 e. The Morgan fingerprint density at radius 1 is 1.39 bits per heavy atom. The minimum absolute atomic E-state index is 0.125. The van der Waals surface area contributed by atoms with Crippen LogP contribution in [-0.4, -0.2) is 25.8 Å². The number of ether oxygens (including phenoxy) is 2. The summed E-state index contributed by atoms with van der Waals surface area (Å²) in [5.41, 5.74) is 0.283. The number of carbonyl (C=O) groups excluding carboxylic acids is 1. The van der Waals surface area contributed by atoms with E-state index < -0.39 is 11.8 Å². The lowest BCUT2D eigenvalue weighted by molar-refractivity contribution is 0.0277. The number of halogens is 1. The highest BCUT2D eigenvalue weighted by Crippen LogP contribution is 2.14. The van der Waals surface area contributed by atoms with E-state index in [-0.39, 0.29) is 17.1 Å².